The molecule has 10 aromatic rings. The number of alkyl halides is 1. The smallest absolute Gasteiger partial charge is 0.342 e. The summed E-state index contributed by atoms with van der Waals surface area (Å²) in [6.07, 6.45) is 8.00. The predicted octanol–water partition coefficient (Wildman–Crippen LogP) is 8.63. The number of carbonyl (C=O) groups excluding carboxylic acids is 3. The van der Waals surface area contributed by atoms with E-state index in [-0.39, 0.29) is 58.9 Å². The van der Waals surface area contributed by atoms with E-state index in [9.17, 15) is 51.1 Å². The Bertz CT molecular complexity index is 4440. The Morgan fingerprint density at radius 1 is 0.605 bits per heavy atom. The molecular weight excluding hydrogens is 1190 g/mol. The number of aromatic nitrogens is 8. The lowest BCUT2D eigenvalue weighted by Gasteiger charge is -2.01. The quantitative estimate of drug-likeness (QED) is 0.0217. The summed E-state index contributed by atoms with van der Waals surface area (Å²) < 4.78 is 63.6. The molecular formula is C59H41Cl3F4N10O10. The van der Waals surface area contributed by atoms with Gasteiger partial charge in [-0.15, -0.1) is 0 Å². The highest BCUT2D eigenvalue weighted by Gasteiger charge is 2.15. The van der Waals surface area contributed by atoms with E-state index in [1.807, 2.05) is 0 Å². The molecule has 86 heavy (non-hydrogen) atoms. The minimum Gasteiger partial charge on any atom is -0.477 e. The summed E-state index contributed by atoms with van der Waals surface area (Å²) in [5.41, 5.74) is 7.42. The molecule has 0 amide bonds. The summed E-state index contributed by atoms with van der Waals surface area (Å²) in [4.78, 5) is 93.8. The fourth-order valence-corrected chi connectivity index (χ4v) is 6.55. The molecule has 3 aromatic carbocycles. The van der Waals surface area contributed by atoms with Crippen LogP contribution in [0.15, 0.2) is 170 Å². The van der Waals surface area contributed by atoms with Crippen molar-refractivity contribution in [3.8, 4) is 47.0 Å². The number of halogens is 7. The molecule has 0 radical (unpaired) electrons. The molecule has 0 atom stereocenters. The van der Waals surface area contributed by atoms with Crippen LogP contribution < -0.4 is 22.4 Å². The third-order valence-electron chi connectivity index (χ3n) is 10.2. The topological polar surface area (TPSA) is 289 Å². The normalized spacial score (nSPS) is 10.1. The number of aryl methyl sites for hydroxylation is 1. The van der Waals surface area contributed by atoms with E-state index in [1.165, 1.54) is 70.7 Å². The molecule has 20 nitrogen and oxygen atoms in total. The maximum Gasteiger partial charge on any atom is 0.342 e. The molecule has 0 aliphatic heterocycles. The van der Waals surface area contributed by atoms with Gasteiger partial charge in [0.2, 0.25) is 0 Å². The number of pyridine rings is 3. The number of carbonyl (C=O) groups is 4. The molecule has 436 valence electrons. The molecule has 27 heteroatoms. The van der Waals surface area contributed by atoms with E-state index < -0.39 is 45.5 Å². The van der Waals surface area contributed by atoms with Crippen LogP contribution in [0.2, 0.25) is 0 Å². The molecule has 0 saturated heterocycles. The molecule has 0 unspecified atom stereocenters. The average molecular weight is 1230 g/mol. The molecule has 0 aliphatic carbocycles. The number of hydrogen-bond donors (Lipinski definition) is 3. The van der Waals surface area contributed by atoms with Crippen LogP contribution in [0.25, 0.3) is 28.4 Å². The Morgan fingerprint density at radius 3 is 1.26 bits per heavy atom. The van der Waals surface area contributed by atoms with E-state index in [0.29, 0.717) is 50.5 Å². The van der Waals surface area contributed by atoms with Gasteiger partial charge < -0.3 is 20.6 Å². The molecule has 7 heterocycles. The fraction of sp³-hybridized carbons (Fsp3) is 0.0678. The SMILES string of the molecule is C.C/C(N)=N\O.Cc1noc(-c2cnc3cc(C#Cc4cccc(F)c4)ccn3c2=O)n1.O=C(Cl)C(=O)Cl.O=C(Cl)c1cnc2cc(C#Cc3cccc(F)c3)ccn2c1=O.O=C(O)c1cnc2cc(C#Cc3cccc(F)c3)ccn2c1=O.[2H]CF. The van der Waals surface area contributed by atoms with Crippen LogP contribution in [0.1, 0.15) is 75.6 Å². The first-order chi connectivity index (χ1) is 41.0. The number of carboxylic acid groups (broad SMARTS) is 1. The van der Waals surface area contributed by atoms with Crippen molar-refractivity contribution in [3.05, 3.63) is 245 Å². The summed E-state index contributed by atoms with van der Waals surface area (Å²) in [6.45, 7) is 3.17. The Morgan fingerprint density at radius 2 is 0.942 bits per heavy atom. The van der Waals surface area contributed by atoms with Gasteiger partial charge in [0.05, 0.1) is 8.52 Å². The maximum absolute atomic E-state index is 13.2. The average Bonchev–Trinajstić information content (AvgIpc) is 1.83. The van der Waals surface area contributed by atoms with Crippen LogP contribution in [0.3, 0.4) is 0 Å². The third kappa shape index (κ3) is 19.5. The van der Waals surface area contributed by atoms with Gasteiger partial charge >= 0.3 is 16.5 Å². The first-order valence-corrected chi connectivity index (χ1v) is 24.4. The van der Waals surface area contributed by atoms with Crippen LogP contribution in [0.5, 0.6) is 0 Å². The molecule has 0 saturated carbocycles. The number of benzene rings is 3. The molecule has 0 spiro atoms. The lowest BCUT2D eigenvalue weighted by Crippen LogP contribution is -2.22. The van der Waals surface area contributed by atoms with E-state index in [1.54, 1.807) is 85.9 Å². The van der Waals surface area contributed by atoms with Crippen LogP contribution in [-0.2, 0) is 9.59 Å². The number of nitrogens with two attached hydrogens (primary N) is 1. The molecule has 0 aliphatic rings. The zero-order valence-corrected chi connectivity index (χ0v) is 45.7. The van der Waals surface area contributed by atoms with Crippen LogP contribution in [0, 0.1) is 59.9 Å². The summed E-state index contributed by atoms with van der Waals surface area (Å²) in [5.74, 6) is 15.5. The van der Waals surface area contributed by atoms with Gasteiger partial charge in [-0.05, 0) is 140 Å². The molecule has 0 fully saturated rings. The van der Waals surface area contributed by atoms with Crippen molar-refractivity contribution in [1.82, 2.24) is 38.3 Å². The van der Waals surface area contributed by atoms with Crippen molar-refractivity contribution in [2.45, 2.75) is 21.3 Å². The summed E-state index contributed by atoms with van der Waals surface area (Å²) >= 11 is 14.3. The zero-order chi connectivity index (χ0) is 63.0. The summed E-state index contributed by atoms with van der Waals surface area (Å²) in [7, 11) is -1.00. The lowest BCUT2D eigenvalue weighted by molar-refractivity contribution is -0.127. The lowest BCUT2D eigenvalue weighted by atomic mass is 10.2. The molecule has 7 aromatic heterocycles. The van der Waals surface area contributed by atoms with Crippen molar-refractivity contribution in [1.29, 1.82) is 0 Å². The number of hydrogen-bond acceptors (Lipinski definition) is 15. The number of rotatable bonds is 4. The number of aromatic carboxylic acids is 1. The second-order valence-corrected chi connectivity index (χ2v) is 17.2. The summed E-state index contributed by atoms with van der Waals surface area (Å²) in [5, 5.41) is 19.6. The minimum absolute atomic E-state index is 0. The molecule has 4 N–H and O–H groups in total. The van der Waals surface area contributed by atoms with E-state index >= 15 is 0 Å². The van der Waals surface area contributed by atoms with Gasteiger partial charge in [0.1, 0.15) is 56.9 Å². The summed E-state index contributed by atoms with van der Waals surface area (Å²) in [6, 6.07) is 27.5. The first kappa shape index (κ1) is 65.7. The zero-order valence-electron chi connectivity index (χ0n) is 44.5. The minimum atomic E-state index is -1.33. The fourth-order valence-electron chi connectivity index (χ4n) is 6.42. The third-order valence-corrected chi connectivity index (χ3v) is 10.8. The highest BCUT2D eigenvalue weighted by molar-refractivity contribution is 6.97. The van der Waals surface area contributed by atoms with E-state index in [4.69, 9.17) is 33.5 Å². The van der Waals surface area contributed by atoms with Gasteiger partial charge in [-0.25, -0.2) is 32.9 Å². The maximum atomic E-state index is 13.2. The van der Waals surface area contributed by atoms with Crippen LogP contribution in [0.4, 0.5) is 17.6 Å². The second-order valence-electron chi connectivity index (χ2n) is 16.2. The number of oxime groups is 1. The van der Waals surface area contributed by atoms with Crippen molar-refractivity contribution >= 4 is 79.3 Å². The van der Waals surface area contributed by atoms with Crippen molar-refractivity contribution in [3.63, 3.8) is 0 Å². The number of nitrogens with zero attached hydrogens (tertiary/aromatic N) is 9. The van der Waals surface area contributed by atoms with Crippen molar-refractivity contribution in [2.75, 3.05) is 7.15 Å². The number of fused-ring (bicyclic) bond motifs is 3. The van der Waals surface area contributed by atoms with Gasteiger partial charge in [0.15, 0.2) is 5.82 Å². The number of carboxylic acids is 1. The van der Waals surface area contributed by atoms with Crippen molar-refractivity contribution in [2.24, 2.45) is 10.9 Å². The second kappa shape index (κ2) is 32.5. The Hall–Kier alpha value is -11.1. The standard InChI is InChI=1S/C19H11FN4O2.C17H8ClFN2O2.C17H9FN2O3.C2Cl2O2.C2H6N2O.CH3F.CH4/c1-12-22-18(26-23-12)16-11-21-17-10-14(7-8-24(17)19(16)25)6-5-13-3-2-4-15(20)9-13;18-16(22)14-10-20-15-9-12(6-7-21(15)17(14)23)5-4-11-2-1-3-13(19)8-11;18-13-3-1-2-11(8-13)4-5-12-6-7-20-15(9-12)19-10-14(16(20)21)17(22)23;3-1(5)2(4)6;1-2(3)4-5;1-2;/h2-4,7-11H,1H3;1-3,6-10H;1-3,6-10H,(H,22,23);;5H,1H3,(H2,3,4);1H3;1H4/i;;;;;1D;. The van der Waals surface area contributed by atoms with Gasteiger partial charge in [-0.3, -0.25) is 46.4 Å². The van der Waals surface area contributed by atoms with Crippen LogP contribution in [-0.4, -0.2) is 83.3 Å². The molecule has 10 rings (SSSR count). The monoisotopic (exact) mass is 1230 g/mol. The highest BCUT2D eigenvalue weighted by Crippen LogP contribution is 2.14. The Kier molecular flexibility index (Phi) is 24.8. The number of amidine groups is 1. The largest absolute Gasteiger partial charge is 0.477 e. The van der Waals surface area contributed by atoms with Gasteiger partial charge in [0, 0.05) is 70.6 Å². The first-order valence-electron chi connectivity index (χ1n) is 24.0. The van der Waals surface area contributed by atoms with Crippen LogP contribution >= 0.6 is 34.8 Å². The van der Waals surface area contributed by atoms with E-state index in [0.717, 1.165) is 16.8 Å². The highest BCUT2D eigenvalue weighted by atomic mass is 35.5. The molecule has 0 bridgehead atoms. The Balaban J connectivity index is 0.000000250. The van der Waals surface area contributed by atoms with Gasteiger partial charge in [-0.1, -0.05) is 71.5 Å². The van der Waals surface area contributed by atoms with Gasteiger partial charge in [-0.2, -0.15) is 4.98 Å². The van der Waals surface area contributed by atoms with E-state index in [2.05, 4.69) is 89.0 Å². The van der Waals surface area contributed by atoms with Crippen molar-refractivity contribution < 1.29 is 52.9 Å². The Labute approximate surface area is 499 Å². The predicted molar refractivity (Wildman–Crippen MR) is 311 cm³/mol. The van der Waals surface area contributed by atoms with Gasteiger partial charge in [0.25, 0.3) is 27.8 Å².